The second-order valence-corrected chi connectivity index (χ2v) is 7.67. The summed E-state index contributed by atoms with van der Waals surface area (Å²) in [4.78, 5) is 21.4. The van der Waals surface area contributed by atoms with Crippen molar-refractivity contribution in [1.82, 2.24) is 9.97 Å². The fraction of sp³-hybridized carbons (Fsp3) is 0.115. The Morgan fingerprint density at radius 3 is 2.48 bits per heavy atom. The Bertz CT molecular complexity index is 1310. The normalized spacial score (nSPS) is 10.7. The molecule has 0 bridgehead atoms. The lowest BCUT2D eigenvalue weighted by molar-refractivity contribution is 0.102. The summed E-state index contributed by atoms with van der Waals surface area (Å²) in [6.45, 7) is 3.62. The van der Waals surface area contributed by atoms with Gasteiger partial charge in [-0.2, -0.15) is 0 Å². The number of aromatic nitrogens is 2. The van der Waals surface area contributed by atoms with Crippen LogP contribution in [0.2, 0.25) is 0 Å². The van der Waals surface area contributed by atoms with Crippen molar-refractivity contribution in [3.63, 3.8) is 0 Å². The Balaban J connectivity index is 1.53. The molecule has 0 saturated heterocycles. The van der Waals surface area contributed by atoms with Crippen molar-refractivity contribution in [3.8, 4) is 11.3 Å². The first-order valence-electron chi connectivity index (χ1n) is 10.4. The molecule has 1 aromatic heterocycles. The number of aliphatic hydroxyl groups is 1. The Morgan fingerprint density at radius 1 is 0.970 bits per heavy atom. The van der Waals surface area contributed by atoms with Crippen LogP contribution in [-0.2, 0) is 6.61 Å². The number of carbonyl (C=O) groups excluding carboxylic acids is 1. The number of hydrogen-bond donors (Lipinski definition) is 3. The third kappa shape index (κ3) is 5.05. The first-order chi connectivity index (χ1) is 15.9. The molecule has 0 aliphatic carbocycles. The van der Waals surface area contributed by atoms with Crippen molar-refractivity contribution in [2.45, 2.75) is 20.5 Å². The van der Waals surface area contributed by atoms with Crippen molar-refractivity contribution < 1.29 is 14.3 Å². The summed E-state index contributed by atoms with van der Waals surface area (Å²) >= 11 is 0. The molecule has 3 N–H and O–H groups in total. The van der Waals surface area contributed by atoms with E-state index in [0.717, 1.165) is 28.5 Å². The summed E-state index contributed by atoms with van der Waals surface area (Å²) in [6, 6.07) is 19.1. The van der Waals surface area contributed by atoms with E-state index in [4.69, 9.17) is 0 Å². The molecular formula is C26H23FN4O2. The van der Waals surface area contributed by atoms with Gasteiger partial charge in [0.05, 0.1) is 18.0 Å². The smallest absolute Gasteiger partial charge is 0.255 e. The van der Waals surface area contributed by atoms with Gasteiger partial charge in [0.15, 0.2) is 0 Å². The molecule has 4 rings (SSSR count). The van der Waals surface area contributed by atoms with E-state index in [0.29, 0.717) is 11.3 Å². The SMILES string of the molecule is Cc1ccc(CO)cc1NC(=O)c1ccc(Nc2ncc(C)c(-c3ccccc3)n2)c(F)c1. The zero-order chi connectivity index (χ0) is 23.4. The van der Waals surface area contributed by atoms with Crippen molar-refractivity contribution in [3.05, 3.63) is 101 Å². The molecule has 166 valence electrons. The quantitative estimate of drug-likeness (QED) is 0.373. The molecule has 0 fully saturated rings. The lowest BCUT2D eigenvalue weighted by Crippen LogP contribution is -2.13. The monoisotopic (exact) mass is 442 g/mol. The number of aliphatic hydroxyl groups excluding tert-OH is 1. The number of anilines is 3. The average Bonchev–Trinajstić information content (AvgIpc) is 2.83. The van der Waals surface area contributed by atoms with Gasteiger partial charge in [0.2, 0.25) is 5.95 Å². The summed E-state index contributed by atoms with van der Waals surface area (Å²) in [5.41, 5.74) is 5.00. The highest BCUT2D eigenvalue weighted by Gasteiger charge is 2.13. The maximum Gasteiger partial charge on any atom is 0.255 e. The van der Waals surface area contributed by atoms with E-state index in [9.17, 15) is 14.3 Å². The molecule has 0 atom stereocenters. The average molecular weight is 442 g/mol. The fourth-order valence-corrected chi connectivity index (χ4v) is 3.37. The Kier molecular flexibility index (Phi) is 6.42. The van der Waals surface area contributed by atoms with Crippen LogP contribution >= 0.6 is 0 Å². The van der Waals surface area contributed by atoms with E-state index in [1.54, 1.807) is 24.4 Å². The predicted octanol–water partition coefficient (Wildman–Crippen LogP) is 5.39. The van der Waals surface area contributed by atoms with Crippen molar-refractivity contribution >= 4 is 23.2 Å². The minimum Gasteiger partial charge on any atom is -0.392 e. The number of rotatable bonds is 6. The minimum absolute atomic E-state index is 0.134. The molecule has 0 aliphatic rings. The van der Waals surface area contributed by atoms with Crippen molar-refractivity contribution in [2.24, 2.45) is 0 Å². The molecular weight excluding hydrogens is 419 g/mol. The van der Waals surface area contributed by atoms with Crippen LogP contribution in [0.1, 0.15) is 27.0 Å². The topological polar surface area (TPSA) is 87.1 Å². The lowest BCUT2D eigenvalue weighted by Gasteiger charge is -2.12. The van der Waals surface area contributed by atoms with Crippen LogP contribution in [0.25, 0.3) is 11.3 Å². The highest BCUT2D eigenvalue weighted by atomic mass is 19.1. The fourth-order valence-electron chi connectivity index (χ4n) is 3.37. The molecule has 3 aromatic carbocycles. The van der Waals surface area contributed by atoms with E-state index in [-0.39, 0.29) is 23.8 Å². The van der Waals surface area contributed by atoms with Gasteiger partial charge < -0.3 is 15.7 Å². The van der Waals surface area contributed by atoms with Crippen LogP contribution in [0.3, 0.4) is 0 Å². The Morgan fingerprint density at radius 2 is 1.76 bits per heavy atom. The third-order valence-corrected chi connectivity index (χ3v) is 5.23. The van der Waals surface area contributed by atoms with Gasteiger partial charge in [0.25, 0.3) is 5.91 Å². The number of nitrogens with zero attached hydrogens (tertiary/aromatic N) is 2. The van der Waals surface area contributed by atoms with E-state index < -0.39 is 11.7 Å². The number of nitrogens with one attached hydrogen (secondary N) is 2. The number of aryl methyl sites for hydroxylation is 2. The Labute approximate surface area is 191 Å². The number of benzene rings is 3. The zero-order valence-electron chi connectivity index (χ0n) is 18.3. The number of halogens is 1. The highest BCUT2D eigenvalue weighted by molar-refractivity contribution is 6.05. The van der Waals surface area contributed by atoms with Gasteiger partial charge in [-0.05, 0) is 54.8 Å². The molecule has 0 saturated carbocycles. The summed E-state index contributed by atoms with van der Waals surface area (Å²) in [5, 5.41) is 15.0. The molecule has 0 spiro atoms. The van der Waals surface area contributed by atoms with Gasteiger partial charge in [-0.3, -0.25) is 4.79 Å². The largest absolute Gasteiger partial charge is 0.392 e. The molecule has 6 nitrogen and oxygen atoms in total. The summed E-state index contributed by atoms with van der Waals surface area (Å²) in [6.07, 6.45) is 1.68. The first-order valence-corrected chi connectivity index (χ1v) is 10.4. The van der Waals surface area contributed by atoms with Crippen LogP contribution in [0.4, 0.5) is 21.7 Å². The van der Waals surface area contributed by atoms with Gasteiger partial charge in [0, 0.05) is 23.0 Å². The molecule has 1 amide bonds. The predicted molar refractivity (Wildman–Crippen MR) is 127 cm³/mol. The van der Waals surface area contributed by atoms with Gasteiger partial charge >= 0.3 is 0 Å². The second kappa shape index (κ2) is 9.58. The van der Waals surface area contributed by atoms with Crippen molar-refractivity contribution in [2.75, 3.05) is 10.6 Å². The standard InChI is InChI=1S/C26H23FN4O2/c1-16-8-9-18(15-32)12-23(16)29-25(33)20-10-11-22(21(27)13-20)30-26-28-14-17(2)24(31-26)19-6-4-3-5-7-19/h3-14,32H,15H2,1-2H3,(H,29,33)(H,28,30,31). The summed E-state index contributed by atoms with van der Waals surface area (Å²) in [5.74, 6) is -0.794. The molecule has 1 heterocycles. The van der Waals surface area contributed by atoms with E-state index in [1.807, 2.05) is 44.2 Å². The van der Waals surface area contributed by atoms with Crippen LogP contribution < -0.4 is 10.6 Å². The lowest BCUT2D eigenvalue weighted by atomic mass is 10.1. The van der Waals surface area contributed by atoms with Crippen LogP contribution in [0.5, 0.6) is 0 Å². The van der Waals surface area contributed by atoms with E-state index in [1.165, 1.54) is 12.1 Å². The number of amides is 1. The van der Waals surface area contributed by atoms with Crippen LogP contribution in [0, 0.1) is 19.7 Å². The first kappa shape index (κ1) is 22.1. The molecule has 0 radical (unpaired) electrons. The van der Waals surface area contributed by atoms with Gasteiger partial charge in [-0.25, -0.2) is 14.4 Å². The molecule has 0 unspecified atom stereocenters. The van der Waals surface area contributed by atoms with Crippen LogP contribution in [-0.4, -0.2) is 21.0 Å². The van der Waals surface area contributed by atoms with Gasteiger partial charge in [-0.1, -0.05) is 42.5 Å². The molecule has 0 aliphatic heterocycles. The van der Waals surface area contributed by atoms with Crippen LogP contribution in [0.15, 0.2) is 72.9 Å². The Hall–Kier alpha value is -4.10. The summed E-state index contributed by atoms with van der Waals surface area (Å²) in [7, 11) is 0. The molecule has 4 aromatic rings. The van der Waals surface area contributed by atoms with Gasteiger partial charge in [-0.15, -0.1) is 0 Å². The summed E-state index contributed by atoms with van der Waals surface area (Å²) < 4.78 is 14.8. The molecule has 7 heteroatoms. The maximum atomic E-state index is 14.8. The minimum atomic E-state index is -0.603. The molecule has 33 heavy (non-hydrogen) atoms. The maximum absolute atomic E-state index is 14.8. The third-order valence-electron chi connectivity index (χ3n) is 5.23. The van der Waals surface area contributed by atoms with Crippen molar-refractivity contribution in [1.29, 1.82) is 0 Å². The number of hydrogen-bond acceptors (Lipinski definition) is 5. The highest BCUT2D eigenvalue weighted by Crippen LogP contribution is 2.25. The van der Waals surface area contributed by atoms with Gasteiger partial charge in [0.1, 0.15) is 5.82 Å². The van der Waals surface area contributed by atoms with E-state index >= 15 is 0 Å². The second-order valence-electron chi connectivity index (χ2n) is 7.67. The number of carbonyl (C=O) groups is 1. The van der Waals surface area contributed by atoms with E-state index in [2.05, 4.69) is 20.6 Å². The zero-order valence-corrected chi connectivity index (χ0v) is 18.3.